The van der Waals surface area contributed by atoms with Crippen LogP contribution in [0.1, 0.15) is 36.9 Å². The lowest BCUT2D eigenvalue weighted by molar-refractivity contribution is 0.00544. The number of aliphatic hydroxyl groups excluding tert-OH is 1. The van der Waals surface area contributed by atoms with Gasteiger partial charge in [0.15, 0.2) is 11.5 Å². The van der Waals surface area contributed by atoms with E-state index in [1.807, 2.05) is 25.1 Å². The SMILES string of the molecule is C/C=C/C1CN2CCc3cc(OCCCF)c(OC)cc3C2C[C@H]1O. The molecule has 2 heterocycles. The van der Waals surface area contributed by atoms with Crippen LogP contribution in [0.4, 0.5) is 4.39 Å². The maximum Gasteiger partial charge on any atom is 0.161 e. The molecule has 1 fully saturated rings. The van der Waals surface area contributed by atoms with E-state index in [1.165, 1.54) is 11.1 Å². The maximum absolute atomic E-state index is 12.3. The zero-order valence-corrected chi connectivity index (χ0v) is 15.1. The number of halogens is 1. The Labute approximate surface area is 149 Å². The Hall–Kier alpha value is -1.59. The second-order valence-electron chi connectivity index (χ2n) is 6.85. The molecule has 5 heteroatoms. The highest BCUT2D eigenvalue weighted by Crippen LogP contribution is 2.43. The molecule has 2 aliphatic rings. The van der Waals surface area contributed by atoms with Crippen LogP contribution in [-0.2, 0) is 6.42 Å². The first-order chi connectivity index (χ1) is 12.2. The molecule has 0 amide bonds. The molecule has 1 N–H and O–H groups in total. The van der Waals surface area contributed by atoms with Crippen molar-refractivity contribution in [3.05, 3.63) is 35.4 Å². The molecule has 0 aliphatic carbocycles. The Morgan fingerprint density at radius 2 is 2.20 bits per heavy atom. The summed E-state index contributed by atoms with van der Waals surface area (Å²) in [7, 11) is 1.63. The van der Waals surface area contributed by atoms with Gasteiger partial charge in [-0.1, -0.05) is 12.2 Å². The quantitative estimate of drug-likeness (QED) is 0.632. The molecule has 2 unspecified atom stereocenters. The van der Waals surface area contributed by atoms with Gasteiger partial charge in [0.25, 0.3) is 0 Å². The normalized spacial score (nSPS) is 26.3. The summed E-state index contributed by atoms with van der Waals surface area (Å²) in [6, 6.07) is 4.29. The van der Waals surface area contributed by atoms with Crippen molar-refractivity contribution in [2.75, 3.05) is 33.5 Å². The third kappa shape index (κ3) is 3.82. The van der Waals surface area contributed by atoms with Crippen molar-refractivity contribution in [1.82, 2.24) is 4.90 Å². The maximum atomic E-state index is 12.3. The average molecular weight is 349 g/mol. The monoisotopic (exact) mass is 349 g/mol. The molecule has 0 saturated carbocycles. The number of hydrogen-bond acceptors (Lipinski definition) is 4. The van der Waals surface area contributed by atoms with Gasteiger partial charge in [0.05, 0.1) is 26.5 Å². The first-order valence-electron chi connectivity index (χ1n) is 9.12. The Morgan fingerprint density at radius 1 is 1.36 bits per heavy atom. The molecule has 0 aromatic heterocycles. The van der Waals surface area contributed by atoms with Gasteiger partial charge in [0, 0.05) is 31.5 Å². The number of ether oxygens (including phenoxy) is 2. The number of rotatable bonds is 6. The van der Waals surface area contributed by atoms with E-state index in [4.69, 9.17) is 9.47 Å². The lowest BCUT2D eigenvalue weighted by atomic mass is 9.81. The summed E-state index contributed by atoms with van der Waals surface area (Å²) in [5.41, 5.74) is 2.47. The highest BCUT2D eigenvalue weighted by atomic mass is 19.1. The molecule has 1 aromatic rings. The number of methoxy groups -OCH3 is 1. The summed E-state index contributed by atoms with van der Waals surface area (Å²) < 4.78 is 23.5. The van der Waals surface area contributed by atoms with Crippen LogP contribution in [0.3, 0.4) is 0 Å². The Morgan fingerprint density at radius 3 is 2.92 bits per heavy atom. The van der Waals surface area contributed by atoms with E-state index in [0.29, 0.717) is 24.5 Å². The second kappa shape index (κ2) is 8.19. The molecular weight excluding hydrogens is 321 g/mol. The number of fused-ring (bicyclic) bond motifs is 3. The van der Waals surface area contributed by atoms with E-state index in [-0.39, 0.29) is 24.7 Å². The molecule has 1 saturated heterocycles. The summed E-state index contributed by atoms with van der Waals surface area (Å²) in [4.78, 5) is 2.46. The number of aliphatic hydroxyl groups is 1. The van der Waals surface area contributed by atoms with Crippen LogP contribution in [0.25, 0.3) is 0 Å². The number of benzene rings is 1. The second-order valence-corrected chi connectivity index (χ2v) is 6.85. The lowest BCUT2D eigenvalue weighted by Crippen LogP contribution is -2.47. The molecule has 0 bridgehead atoms. The highest BCUT2D eigenvalue weighted by molar-refractivity contribution is 5.49. The van der Waals surface area contributed by atoms with Gasteiger partial charge in [-0.05, 0) is 43.0 Å². The summed E-state index contributed by atoms with van der Waals surface area (Å²) in [5.74, 6) is 1.57. The van der Waals surface area contributed by atoms with Gasteiger partial charge >= 0.3 is 0 Å². The number of hydrogen-bond donors (Lipinski definition) is 1. The van der Waals surface area contributed by atoms with E-state index in [0.717, 1.165) is 25.9 Å². The molecule has 1 aromatic carbocycles. The minimum absolute atomic E-state index is 0.202. The van der Waals surface area contributed by atoms with Crippen molar-refractivity contribution in [3.63, 3.8) is 0 Å². The number of allylic oxidation sites excluding steroid dienone is 1. The van der Waals surface area contributed by atoms with Crippen LogP contribution < -0.4 is 9.47 Å². The summed E-state index contributed by atoms with van der Waals surface area (Å²) in [5, 5.41) is 10.5. The van der Waals surface area contributed by atoms with Crippen molar-refractivity contribution in [2.24, 2.45) is 5.92 Å². The summed E-state index contributed by atoms with van der Waals surface area (Å²) in [6.45, 7) is 3.83. The minimum Gasteiger partial charge on any atom is -0.493 e. The molecular formula is C20H28FNO3. The molecule has 25 heavy (non-hydrogen) atoms. The van der Waals surface area contributed by atoms with Crippen LogP contribution >= 0.6 is 0 Å². The third-order valence-corrected chi connectivity index (χ3v) is 5.27. The highest BCUT2D eigenvalue weighted by Gasteiger charge is 2.37. The average Bonchev–Trinajstić information content (AvgIpc) is 2.62. The number of piperidine rings is 1. The standard InChI is InChI=1S/C20H28FNO3/c1-3-5-15-13-22-8-6-14-10-20(25-9-4-7-21)19(24-2)11-16(14)17(22)12-18(15)23/h3,5,10-11,15,17-18,23H,4,6-9,12-13H2,1-2H3/b5-3+/t15?,17?,18-/m1/s1. The summed E-state index contributed by atoms with van der Waals surface area (Å²) in [6.07, 6.45) is 5.88. The number of nitrogens with zero attached hydrogens (tertiary/aromatic N) is 1. The fourth-order valence-corrected chi connectivity index (χ4v) is 4.00. The molecule has 138 valence electrons. The number of alkyl halides is 1. The zero-order valence-electron chi connectivity index (χ0n) is 15.1. The van der Waals surface area contributed by atoms with Gasteiger partial charge in [-0.3, -0.25) is 9.29 Å². The van der Waals surface area contributed by atoms with E-state index in [9.17, 15) is 9.50 Å². The van der Waals surface area contributed by atoms with Gasteiger partial charge in [-0.2, -0.15) is 0 Å². The fraction of sp³-hybridized carbons (Fsp3) is 0.600. The largest absolute Gasteiger partial charge is 0.493 e. The van der Waals surface area contributed by atoms with Gasteiger partial charge in [0.2, 0.25) is 0 Å². The minimum atomic E-state index is -0.379. The van der Waals surface area contributed by atoms with Crippen molar-refractivity contribution < 1.29 is 19.0 Å². The van der Waals surface area contributed by atoms with Crippen molar-refractivity contribution in [3.8, 4) is 11.5 Å². The predicted molar refractivity (Wildman–Crippen MR) is 96.0 cm³/mol. The van der Waals surface area contributed by atoms with Crippen LogP contribution in [-0.4, -0.2) is 49.6 Å². The van der Waals surface area contributed by atoms with Gasteiger partial charge in [-0.15, -0.1) is 0 Å². The molecule has 3 atom stereocenters. The Balaban J connectivity index is 1.84. The first-order valence-corrected chi connectivity index (χ1v) is 9.12. The topological polar surface area (TPSA) is 41.9 Å². The molecule has 0 radical (unpaired) electrons. The van der Waals surface area contributed by atoms with Crippen LogP contribution in [0.15, 0.2) is 24.3 Å². The van der Waals surface area contributed by atoms with Crippen LogP contribution in [0, 0.1) is 5.92 Å². The first kappa shape index (κ1) is 18.2. The predicted octanol–water partition coefficient (Wildman–Crippen LogP) is 3.29. The van der Waals surface area contributed by atoms with Crippen LogP contribution in [0.2, 0.25) is 0 Å². The van der Waals surface area contributed by atoms with Crippen molar-refractivity contribution in [2.45, 2.75) is 38.3 Å². The lowest BCUT2D eigenvalue weighted by Gasteiger charge is -2.45. The van der Waals surface area contributed by atoms with Crippen molar-refractivity contribution in [1.29, 1.82) is 0 Å². The van der Waals surface area contributed by atoms with E-state index in [1.54, 1.807) is 7.11 Å². The molecule has 4 nitrogen and oxygen atoms in total. The fourth-order valence-electron chi connectivity index (χ4n) is 4.00. The van der Waals surface area contributed by atoms with Gasteiger partial charge in [0.1, 0.15) is 0 Å². The smallest absolute Gasteiger partial charge is 0.161 e. The zero-order chi connectivity index (χ0) is 17.8. The van der Waals surface area contributed by atoms with Crippen LogP contribution in [0.5, 0.6) is 11.5 Å². The molecule has 0 spiro atoms. The Kier molecular flexibility index (Phi) is 5.97. The third-order valence-electron chi connectivity index (χ3n) is 5.27. The molecule has 3 rings (SSSR count). The van der Waals surface area contributed by atoms with Gasteiger partial charge < -0.3 is 14.6 Å². The van der Waals surface area contributed by atoms with Crippen molar-refractivity contribution >= 4 is 0 Å². The van der Waals surface area contributed by atoms with Gasteiger partial charge in [-0.25, -0.2) is 0 Å². The van der Waals surface area contributed by atoms with E-state index >= 15 is 0 Å². The summed E-state index contributed by atoms with van der Waals surface area (Å²) >= 11 is 0. The van der Waals surface area contributed by atoms with E-state index in [2.05, 4.69) is 11.0 Å². The Bertz CT molecular complexity index is 619. The van der Waals surface area contributed by atoms with E-state index < -0.39 is 0 Å². The molecule has 2 aliphatic heterocycles.